The molecule has 1 aromatic heterocycles. The van der Waals surface area contributed by atoms with Crippen molar-refractivity contribution >= 4 is 16.8 Å². The van der Waals surface area contributed by atoms with Crippen molar-refractivity contribution in [1.29, 1.82) is 0 Å². The molecule has 0 radical (unpaired) electrons. The van der Waals surface area contributed by atoms with Crippen molar-refractivity contribution in [2.75, 3.05) is 0 Å². The fraction of sp³-hybridized carbons (Fsp3) is 0.294. The van der Waals surface area contributed by atoms with E-state index in [1.165, 1.54) is 6.07 Å². The molecule has 0 atom stereocenters. The van der Waals surface area contributed by atoms with Crippen molar-refractivity contribution in [2.45, 2.75) is 33.2 Å². The van der Waals surface area contributed by atoms with Gasteiger partial charge in [0.1, 0.15) is 0 Å². The van der Waals surface area contributed by atoms with Gasteiger partial charge in [0, 0.05) is 6.54 Å². The summed E-state index contributed by atoms with van der Waals surface area (Å²) in [5.41, 5.74) is 2.65. The van der Waals surface area contributed by atoms with Gasteiger partial charge in [-0.3, -0.25) is 9.59 Å². The van der Waals surface area contributed by atoms with E-state index >= 15 is 0 Å². The lowest BCUT2D eigenvalue weighted by Crippen LogP contribution is -2.26. The van der Waals surface area contributed by atoms with Crippen molar-refractivity contribution in [3.8, 4) is 11.3 Å². The number of pyridine rings is 1. The first-order valence-electron chi connectivity index (χ1n) is 7.05. The molecule has 0 spiro atoms. The predicted octanol–water partition coefficient (Wildman–Crippen LogP) is 4.00. The lowest BCUT2D eigenvalue weighted by atomic mass is 10.1. The van der Waals surface area contributed by atoms with Crippen LogP contribution >= 0.6 is 11.6 Å². The molecule has 110 valence electrons. The molecule has 2 rings (SSSR count). The highest BCUT2D eigenvalue weighted by Gasteiger charge is 2.14. The van der Waals surface area contributed by atoms with Crippen molar-refractivity contribution in [3.63, 3.8) is 0 Å². The molecule has 0 unspecified atom stereocenters. The Kier molecular flexibility index (Phi) is 4.97. The molecule has 3 nitrogen and oxygen atoms in total. The third-order valence-electron chi connectivity index (χ3n) is 3.47. The van der Waals surface area contributed by atoms with Gasteiger partial charge in [-0.25, -0.2) is 0 Å². The van der Waals surface area contributed by atoms with E-state index in [1.807, 2.05) is 31.2 Å². The summed E-state index contributed by atoms with van der Waals surface area (Å²) >= 11 is 5.48. The molecule has 0 saturated heterocycles. The van der Waals surface area contributed by atoms with Crippen LogP contribution in [-0.4, -0.2) is 9.81 Å². The van der Waals surface area contributed by atoms with Crippen LogP contribution in [-0.2, 0) is 6.54 Å². The van der Waals surface area contributed by atoms with Crippen molar-refractivity contribution in [1.82, 2.24) is 4.57 Å². The number of hydrogen-bond donors (Lipinski definition) is 0. The van der Waals surface area contributed by atoms with Crippen LogP contribution in [0.1, 0.15) is 35.7 Å². The SMILES string of the molecule is CCCCn1c(-c2ccc(C)cc2)ccc(C(=O)Cl)c1=O. The molecule has 0 aliphatic rings. The van der Waals surface area contributed by atoms with Crippen LogP contribution in [0.5, 0.6) is 0 Å². The smallest absolute Gasteiger partial charge is 0.263 e. The quantitative estimate of drug-likeness (QED) is 0.783. The summed E-state index contributed by atoms with van der Waals surface area (Å²) < 4.78 is 1.64. The van der Waals surface area contributed by atoms with E-state index in [-0.39, 0.29) is 11.1 Å². The number of benzene rings is 1. The minimum Gasteiger partial charge on any atom is -0.308 e. The number of unbranched alkanes of at least 4 members (excludes halogenated alkanes) is 1. The Hall–Kier alpha value is -1.87. The maximum absolute atomic E-state index is 12.4. The van der Waals surface area contributed by atoms with Gasteiger partial charge in [0.15, 0.2) is 0 Å². The molecule has 0 fully saturated rings. The van der Waals surface area contributed by atoms with Gasteiger partial charge >= 0.3 is 0 Å². The van der Waals surface area contributed by atoms with Crippen LogP contribution in [0.2, 0.25) is 0 Å². The summed E-state index contributed by atoms with van der Waals surface area (Å²) in [6.45, 7) is 4.66. The van der Waals surface area contributed by atoms with Crippen molar-refractivity contribution < 1.29 is 4.79 Å². The zero-order valence-electron chi connectivity index (χ0n) is 12.2. The minimum absolute atomic E-state index is 0.0311. The summed E-state index contributed by atoms with van der Waals surface area (Å²) in [5.74, 6) is 0. The topological polar surface area (TPSA) is 39.1 Å². The number of halogens is 1. The summed E-state index contributed by atoms with van der Waals surface area (Å²) in [7, 11) is 0. The molecule has 4 heteroatoms. The van der Waals surface area contributed by atoms with Gasteiger partial charge in [0.2, 0.25) is 0 Å². The fourth-order valence-electron chi connectivity index (χ4n) is 2.24. The zero-order chi connectivity index (χ0) is 15.4. The zero-order valence-corrected chi connectivity index (χ0v) is 13.0. The predicted molar refractivity (Wildman–Crippen MR) is 86.0 cm³/mol. The van der Waals surface area contributed by atoms with E-state index in [4.69, 9.17) is 11.6 Å². The van der Waals surface area contributed by atoms with Gasteiger partial charge in [0.25, 0.3) is 10.8 Å². The van der Waals surface area contributed by atoms with Crippen LogP contribution < -0.4 is 5.56 Å². The molecule has 0 aliphatic heterocycles. The Morgan fingerprint density at radius 3 is 2.38 bits per heavy atom. The highest BCUT2D eigenvalue weighted by Crippen LogP contribution is 2.20. The van der Waals surface area contributed by atoms with Gasteiger partial charge in [0.05, 0.1) is 11.3 Å². The average molecular weight is 304 g/mol. The van der Waals surface area contributed by atoms with Gasteiger partial charge < -0.3 is 4.57 Å². The number of aromatic nitrogens is 1. The standard InChI is InChI=1S/C17H18ClNO2/c1-3-4-11-19-15(13-7-5-12(2)6-8-13)10-9-14(16(18)20)17(19)21/h5-10H,3-4,11H2,1-2H3. The summed E-state index contributed by atoms with van der Waals surface area (Å²) in [6, 6.07) is 11.3. The number of hydrogen-bond acceptors (Lipinski definition) is 2. The maximum atomic E-state index is 12.4. The second kappa shape index (κ2) is 6.72. The second-order valence-corrected chi connectivity index (χ2v) is 5.43. The summed E-state index contributed by atoms with van der Waals surface area (Å²) in [4.78, 5) is 23.8. The van der Waals surface area contributed by atoms with Crippen molar-refractivity contribution in [2.24, 2.45) is 0 Å². The Bertz CT molecular complexity index is 702. The maximum Gasteiger partial charge on any atom is 0.263 e. The van der Waals surface area contributed by atoms with E-state index in [0.29, 0.717) is 6.54 Å². The lowest BCUT2D eigenvalue weighted by molar-refractivity contribution is 0.107. The Labute approximate surface area is 129 Å². The molecular formula is C17H18ClNO2. The van der Waals surface area contributed by atoms with Gasteiger partial charge in [-0.15, -0.1) is 0 Å². The second-order valence-electron chi connectivity index (χ2n) is 5.08. The molecule has 0 saturated carbocycles. The molecule has 2 aromatic rings. The monoisotopic (exact) mass is 303 g/mol. The summed E-state index contributed by atoms with van der Waals surface area (Å²) in [6.07, 6.45) is 1.84. The summed E-state index contributed by atoms with van der Waals surface area (Å²) in [5, 5.41) is -0.708. The van der Waals surface area contributed by atoms with Crippen LogP contribution in [0.15, 0.2) is 41.2 Å². The Morgan fingerprint density at radius 2 is 1.81 bits per heavy atom. The van der Waals surface area contributed by atoms with E-state index in [1.54, 1.807) is 10.6 Å². The molecule has 1 heterocycles. The van der Waals surface area contributed by atoms with Gasteiger partial charge in [-0.1, -0.05) is 43.2 Å². The van der Waals surface area contributed by atoms with E-state index in [2.05, 4.69) is 6.92 Å². The Balaban J connectivity index is 2.59. The highest BCUT2D eigenvalue weighted by molar-refractivity contribution is 6.67. The van der Waals surface area contributed by atoms with E-state index < -0.39 is 5.24 Å². The Morgan fingerprint density at radius 1 is 1.14 bits per heavy atom. The number of nitrogens with zero attached hydrogens (tertiary/aromatic N) is 1. The highest BCUT2D eigenvalue weighted by atomic mass is 35.5. The third kappa shape index (κ3) is 3.42. The third-order valence-corrected chi connectivity index (χ3v) is 3.67. The largest absolute Gasteiger partial charge is 0.308 e. The van der Waals surface area contributed by atoms with Gasteiger partial charge in [-0.05, 0) is 42.6 Å². The number of rotatable bonds is 5. The van der Waals surface area contributed by atoms with Crippen LogP contribution in [0.25, 0.3) is 11.3 Å². The normalized spacial score (nSPS) is 10.6. The molecule has 1 aromatic carbocycles. The molecule has 0 aliphatic carbocycles. The first-order valence-corrected chi connectivity index (χ1v) is 7.43. The first-order chi connectivity index (χ1) is 10.0. The molecule has 21 heavy (non-hydrogen) atoms. The minimum atomic E-state index is -0.708. The van der Waals surface area contributed by atoms with Crippen LogP contribution in [0, 0.1) is 6.92 Å². The van der Waals surface area contributed by atoms with Gasteiger partial charge in [-0.2, -0.15) is 0 Å². The average Bonchev–Trinajstić information content (AvgIpc) is 2.46. The fourth-order valence-corrected chi connectivity index (χ4v) is 2.39. The molecule has 0 N–H and O–H groups in total. The molecule has 0 amide bonds. The molecular weight excluding hydrogens is 286 g/mol. The lowest BCUT2D eigenvalue weighted by Gasteiger charge is -2.14. The van der Waals surface area contributed by atoms with E-state index in [9.17, 15) is 9.59 Å². The van der Waals surface area contributed by atoms with Crippen molar-refractivity contribution in [3.05, 3.63) is 57.9 Å². The molecule has 0 bridgehead atoms. The van der Waals surface area contributed by atoms with Crippen LogP contribution in [0.4, 0.5) is 0 Å². The van der Waals surface area contributed by atoms with Crippen LogP contribution in [0.3, 0.4) is 0 Å². The number of carbonyl (C=O) groups is 1. The number of carbonyl (C=O) groups excluding carboxylic acids is 1. The first kappa shape index (κ1) is 15.5. The number of aryl methyl sites for hydroxylation is 1. The van der Waals surface area contributed by atoms with E-state index in [0.717, 1.165) is 29.7 Å².